The molecule has 2 rings (SSSR count). The van der Waals surface area contributed by atoms with E-state index in [1.165, 1.54) is 17.6 Å². The maximum atomic E-state index is 4.63. The van der Waals surface area contributed by atoms with Crippen molar-refractivity contribution in [1.29, 1.82) is 0 Å². The summed E-state index contributed by atoms with van der Waals surface area (Å²) in [6.07, 6.45) is 12.0. The zero-order valence-corrected chi connectivity index (χ0v) is 14.1. The molecule has 22 heavy (non-hydrogen) atoms. The summed E-state index contributed by atoms with van der Waals surface area (Å²) in [6, 6.07) is 4.27. The van der Waals surface area contributed by atoms with E-state index in [0.29, 0.717) is 11.8 Å². The molecule has 118 valence electrons. The fourth-order valence-electron chi connectivity index (χ4n) is 2.72. The minimum Gasteiger partial charge on any atom is -0.320 e. The van der Waals surface area contributed by atoms with E-state index in [1.54, 1.807) is 0 Å². The highest BCUT2D eigenvalue weighted by molar-refractivity contribution is 5.73. The third-order valence-electron chi connectivity index (χ3n) is 4.26. The van der Waals surface area contributed by atoms with Crippen molar-refractivity contribution in [1.82, 2.24) is 10.3 Å². The molecule has 2 unspecified atom stereocenters. The van der Waals surface area contributed by atoms with Crippen LogP contribution in [0.2, 0.25) is 0 Å². The van der Waals surface area contributed by atoms with E-state index in [0.717, 1.165) is 30.6 Å². The van der Waals surface area contributed by atoms with Gasteiger partial charge in [-0.3, -0.25) is 4.98 Å². The van der Waals surface area contributed by atoms with Crippen LogP contribution in [-0.2, 0) is 0 Å². The van der Waals surface area contributed by atoms with Gasteiger partial charge in [0.15, 0.2) is 0 Å². The van der Waals surface area contributed by atoms with Gasteiger partial charge in [0.05, 0.1) is 5.69 Å². The van der Waals surface area contributed by atoms with Crippen molar-refractivity contribution in [2.24, 2.45) is 11.8 Å². The zero-order valence-electron chi connectivity index (χ0n) is 14.1. The smallest absolute Gasteiger partial charge is 0.0699 e. The maximum Gasteiger partial charge on any atom is 0.0699 e. The number of aromatic nitrogens is 1. The number of hydrogen-bond acceptors (Lipinski definition) is 2. The first-order valence-electron chi connectivity index (χ1n) is 8.27. The molecule has 0 spiro atoms. The Morgan fingerprint density at radius 2 is 2.27 bits per heavy atom. The Hall–Kier alpha value is -1.67. The summed E-state index contributed by atoms with van der Waals surface area (Å²) in [4.78, 5) is 4.63. The fraction of sp³-hybridized carbons (Fsp3) is 0.450. The van der Waals surface area contributed by atoms with Crippen LogP contribution >= 0.6 is 0 Å². The molecular formula is C20H28N2. The van der Waals surface area contributed by atoms with Crippen molar-refractivity contribution in [3.8, 4) is 0 Å². The van der Waals surface area contributed by atoms with E-state index in [2.05, 4.69) is 61.1 Å². The first kappa shape index (κ1) is 16.7. The van der Waals surface area contributed by atoms with Crippen LogP contribution in [0, 0.1) is 11.8 Å². The van der Waals surface area contributed by atoms with Gasteiger partial charge in [-0.15, -0.1) is 0 Å². The van der Waals surface area contributed by atoms with Crippen molar-refractivity contribution in [3.05, 3.63) is 54.4 Å². The van der Waals surface area contributed by atoms with Gasteiger partial charge in [0, 0.05) is 6.20 Å². The lowest BCUT2D eigenvalue weighted by molar-refractivity contribution is 0.529. The molecule has 2 atom stereocenters. The molecule has 0 fully saturated rings. The average Bonchev–Trinajstić information content (AvgIpc) is 2.54. The predicted octanol–water partition coefficient (Wildman–Crippen LogP) is 4.71. The van der Waals surface area contributed by atoms with Gasteiger partial charge in [0.25, 0.3) is 0 Å². The van der Waals surface area contributed by atoms with Crippen LogP contribution in [0.1, 0.15) is 44.4 Å². The van der Waals surface area contributed by atoms with Gasteiger partial charge in [-0.1, -0.05) is 44.7 Å². The van der Waals surface area contributed by atoms with E-state index in [9.17, 15) is 0 Å². The Labute approximate surface area is 135 Å². The molecule has 0 saturated carbocycles. The summed E-state index contributed by atoms with van der Waals surface area (Å²) in [5.74, 6) is 1.28. The van der Waals surface area contributed by atoms with Gasteiger partial charge in [-0.2, -0.15) is 0 Å². The SMILES string of the molecule is C=C(CC(C)CCNC)c1ccc(C2=CCC(C)C=C2)nc1. The first-order valence-corrected chi connectivity index (χ1v) is 8.27. The molecule has 0 radical (unpaired) electrons. The number of hydrogen-bond donors (Lipinski definition) is 1. The Morgan fingerprint density at radius 1 is 1.45 bits per heavy atom. The number of nitrogens with zero attached hydrogens (tertiary/aromatic N) is 1. The van der Waals surface area contributed by atoms with E-state index in [1.807, 2.05) is 13.2 Å². The fourth-order valence-corrected chi connectivity index (χ4v) is 2.72. The van der Waals surface area contributed by atoms with Gasteiger partial charge in [-0.05, 0) is 67.5 Å². The molecule has 0 saturated heterocycles. The molecular weight excluding hydrogens is 268 g/mol. The average molecular weight is 296 g/mol. The summed E-state index contributed by atoms with van der Waals surface area (Å²) in [7, 11) is 2.00. The summed E-state index contributed by atoms with van der Waals surface area (Å²) in [5.41, 5.74) is 4.64. The second-order valence-electron chi connectivity index (χ2n) is 6.47. The highest BCUT2D eigenvalue weighted by Crippen LogP contribution is 2.25. The minimum absolute atomic E-state index is 0.641. The summed E-state index contributed by atoms with van der Waals surface area (Å²) in [6.45, 7) is 9.81. The monoisotopic (exact) mass is 296 g/mol. The number of allylic oxidation sites excluding steroid dienone is 5. The second-order valence-corrected chi connectivity index (χ2v) is 6.47. The van der Waals surface area contributed by atoms with Crippen molar-refractivity contribution >= 4 is 11.1 Å². The van der Waals surface area contributed by atoms with Crippen LogP contribution in [0.5, 0.6) is 0 Å². The van der Waals surface area contributed by atoms with E-state index >= 15 is 0 Å². The predicted molar refractivity (Wildman–Crippen MR) is 96.5 cm³/mol. The molecule has 0 amide bonds. The van der Waals surface area contributed by atoms with E-state index in [-0.39, 0.29) is 0 Å². The molecule has 1 aliphatic carbocycles. The molecule has 1 aromatic rings. The number of nitrogens with one attached hydrogen (secondary N) is 1. The Bertz CT molecular complexity index is 552. The third kappa shape index (κ3) is 4.67. The van der Waals surface area contributed by atoms with Gasteiger partial charge in [0.2, 0.25) is 0 Å². The Balaban J connectivity index is 1.97. The van der Waals surface area contributed by atoms with Gasteiger partial charge >= 0.3 is 0 Å². The van der Waals surface area contributed by atoms with Crippen molar-refractivity contribution < 1.29 is 0 Å². The normalized spacial score (nSPS) is 18.9. The molecule has 1 aromatic heterocycles. The van der Waals surface area contributed by atoms with Crippen LogP contribution in [0.25, 0.3) is 11.1 Å². The summed E-state index contributed by atoms with van der Waals surface area (Å²) >= 11 is 0. The highest BCUT2D eigenvalue weighted by Gasteiger charge is 2.09. The molecule has 2 heteroatoms. The minimum atomic E-state index is 0.641. The van der Waals surface area contributed by atoms with Crippen LogP contribution in [0.4, 0.5) is 0 Å². The molecule has 0 aliphatic heterocycles. The molecule has 1 N–H and O–H groups in total. The second kappa shape index (κ2) is 8.09. The van der Waals surface area contributed by atoms with Crippen LogP contribution in [-0.4, -0.2) is 18.6 Å². The summed E-state index contributed by atoms with van der Waals surface area (Å²) < 4.78 is 0. The molecule has 0 bridgehead atoms. The van der Waals surface area contributed by atoms with Crippen molar-refractivity contribution in [2.45, 2.75) is 33.1 Å². The lowest BCUT2D eigenvalue weighted by Gasteiger charge is -2.14. The van der Waals surface area contributed by atoms with Gasteiger partial charge < -0.3 is 5.32 Å². The Kier molecular flexibility index (Phi) is 6.14. The van der Waals surface area contributed by atoms with Crippen molar-refractivity contribution in [3.63, 3.8) is 0 Å². The van der Waals surface area contributed by atoms with Crippen molar-refractivity contribution in [2.75, 3.05) is 13.6 Å². The molecule has 1 heterocycles. The van der Waals surface area contributed by atoms with E-state index in [4.69, 9.17) is 0 Å². The summed E-state index contributed by atoms with van der Waals surface area (Å²) in [5, 5.41) is 3.20. The maximum absolute atomic E-state index is 4.63. The van der Waals surface area contributed by atoms with Gasteiger partial charge in [0.1, 0.15) is 0 Å². The topological polar surface area (TPSA) is 24.9 Å². The lowest BCUT2D eigenvalue weighted by atomic mass is 9.94. The third-order valence-corrected chi connectivity index (χ3v) is 4.26. The molecule has 2 nitrogen and oxygen atoms in total. The Morgan fingerprint density at radius 3 is 2.86 bits per heavy atom. The lowest BCUT2D eigenvalue weighted by Crippen LogP contribution is -2.11. The quantitative estimate of drug-likeness (QED) is 0.788. The standard InChI is InChI=1S/C20H28N2/c1-15-5-7-18(8-6-15)20-10-9-19(14-22-20)17(3)13-16(2)11-12-21-4/h5,7-10,14-16,21H,3,6,11-13H2,1-2,4H3. The highest BCUT2D eigenvalue weighted by atomic mass is 14.8. The largest absolute Gasteiger partial charge is 0.320 e. The number of pyridine rings is 1. The van der Waals surface area contributed by atoms with Crippen LogP contribution in [0.15, 0.2) is 43.1 Å². The number of rotatable bonds is 7. The zero-order chi connectivity index (χ0) is 15.9. The molecule has 1 aliphatic rings. The van der Waals surface area contributed by atoms with Crippen LogP contribution in [0.3, 0.4) is 0 Å². The van der Waals surface area contributed by atoms with Gasteiger partial charge in [-0.25, -0.2) is 0 Å². The van der Waals surface area contributed by atoms with Crippen LogP contribution < -0.4 is 5.32 Å². The molecule has 0 aromatic carbocycles. The van der Waals surface area contributed by atoms with E-state index < -0.39 is 0 Å². The first-order chi connectivity index (χ1) is 10.6.